The van der Waals surface area contributed by atoms with Crippen LogP contribution in [0.25, 0.3) is 0 Å². The minimum Gasteiger partial charge on any atom is -0.481 e. The molecule has 2 fully saturated rings. The summed E-state index contributed by atoms with van der Waals surface area (Å²) < 4.78 is 0. The van der Waals surface area contributed by atoms with E-state index in [2.05, 4.69) is 84.0 Å². The second kappa shape index (κ2) is 7.75. The summed E-state index contributed by atoms with van der Waals surface area (Å²) in [4.78, 5) is 16.9. The molecule has 4 aliphatic rings. The van der Waals surface area contributed by atoms with Crippen LogP contribution in [-0.2, 0) is 16.8 Å². The number of hydrogen-bond acceptors (Lipinski definition) is 3. The molecule has 168 valence electrons. The maximum absolute atomic E-state index is 13.2. The minimum atomic E-state index is -0.750. The van der Waals surface area contributed by atoms with E-state index in [9.17, 15) is 9.90 Å². The molecule has 33 heavy (non-hydrogen) atoms. The molecule has 4 unspecified atom stereocenters. The number of nitrogens with zero attached hydrogens (tertiary/aromatic N) is 1. The zero-order valence-electron chi connectivity index (χ0n) is 18.9. The fraction of sp³-hybridized carbons (Fsp3) is 0.345. The van der Waals surface area contributed by atoms with Crippen molar-refractivity contribution in [2.24, 2.45) is 11.3 Å². The Balaban J connectivity index is 1.52. The maximum Gasteiger partial charge on any atom is 0.311 e. The molecule has 3 aromatic rings. The highest BCUT2D eigenvalue weighted by Gasteiger charge is 2.70. The van der Waals surface area contributed by atoms with Gasteiger partial charge in [-0.1, -0.05) is 66.7 Å². The van der Waals surface area contributed by atoms with E-state index in [4.69, 9.17) is 0 Å². The normalized spacial score (nSPS) is 30.1. The lowest BCUT2D eigenvalue weighted by Crippen LogP contribution is -2.60. The number of rotatable bonds is 5. The van der Waals surface area contributed by atoms with Gasteiger partial charge in [-0.15, -0.1) is 11.8 Å². The monoisotopic (exact) mass is 455 g/mol. The van der Waals surface area contributed by atoms with E-state index in [0.29, 0.717) is 6.54 Å². The predicted octanol–water partition coefficient (Wildman–Crippen LogP) is 5.79. The number of aliphatic carboxylic acids is 1. The lowest BCUT2D eigenvalue weighted by atomic mass is 9.42. The summed E-state index contributed by atoms with van der Waals surface area (Å²) >= 11 is 1.75. The summed E-state index contributed by atoms with van der Waals surface area (Å²) in [6, 6.07) is 28.1. The molecule has 1 N–H and O–H groups in total. The number of thioether (sulfide) groups is 1. The van der Waals surface area contributed by atoms with Crippen LogP contribution in [-0.4, -0.2) is 35.3 Å². The van der Waals surface area contributed by atoms with Crippen LogP contribution in [0.4, 0.5) is 0 Å². The van der Waals surface area contributed by atoms with E-state index >= 15 is 0 Å². The molecule has 1 heterocycles. The first-order chi connectivity index (χ1) is 16.1. The van der Waals surface area contributed by atoms with Crippen LogP contribution in [0.1, 0.15) is 41.0 Å². The average Bonchev–Trinajstić information content (AvgIpc) is 3.27. The number of carbonyl (C=O) groups is 1. The summed E-state index contributed by atoms with van der Waals surface area (Å²) in [6.45, 7) is 2.23. The highest BCUT2D eigenvalue weighted by Crippen LogP contribution is 2.69. The van der Waals surface area contributed by atoms with Crippen molar-refractivity contribution in [3.05, 3.63) is 101 Å². The molecule has 1 saturated carbocycles. The third kappa shape index (κ3) is 2.90. The standard InChI is InChI=1S/C29H29NO2S/c1-33-22-13-11-21(12-14-22)28-16-15-25(23-9-5-6-10-24(23)28)29(27(31)32)19-30(18-26(28)29)17-20-7-3-2-4-8-20/h2-14,25-26H,15-19H2,1H3,(H,31,32). The smallest absolute Gasteiger partial charge is 0.311 e. The van der Waals surface area contributed by atoms with E-state index in [1.807, 2.05) is 6.07 Å². The molecule has 2 bridgehead atoms. The Labute approximate surface area is 199 Å². The second-order valence-corrected chi connectivity index (χ2v) is 10.8. The molecule has 4 atom stereocenters. The zero-order chi connectivity index (χ0) is 22.6. The van der Waals surface area contributed by atoms with Crippen molar-refractivity contribution < 1.29 is 9.90 Å². The van der Waals surface area contributed by atoms with Crippen LogP contribution in [0.2, 0.25) is 0 Å². The number of carboxylic acids is 1. The van der Waals surface area contributed by atoms with Crippen molar-refractivity contribution in [1.29, 1.82) is 0 Å². The second-order valence-electron chi connectivity index (χ2n) is 9.93. The van der Waals surface area contributed by atoms with Gasteiger partial charge in [0.05, 0.1) is 5.41 Å². The number of carboxylic acid groups (broad SMARTS) is 1. The lowest BCUT2D eigenvalue weighted by molar-refractivity contribution is -0.157. The van der Waals surface area contributed by atoms with Crippen molar-refractivity contribution in [1.82, 2.24) is 4.90 Å². The first-order valence-corrected chi connectivity index (χ1v) is 13.1. The Morgan fingerprint density at radius 2 is 1.76 bits per heavy atom. The van der Waals surface area contributed by atoms with Crippen LogP contribution in [0.15, 0.2) is 83.8 Å². The summed E-state index contributed by atoms with van der Waals surface area (Å²) in [5.74, 6) is -0.489. The number of fused-ring (bicyclic) bond motifs is 1. The molecule has 3 nitrogen and oxygen atoms in total. The third-order valence-corrected chi connectivity index (χ3v) is 9.40. The van der Waals surface area contributed by atoms with Gasteiger partial charge in [0.2, 0.25) is 0 Å². The number of likely N-dealkylation sites (tertiary alicyclic amines) is 1. The van der Waals surface area contributed by atoms with Crippen molar-refractivity contribution in [3.63, 3.8) is 0 Å². The first-order valence-electron chi connectivity index (χ1n) is 11.8. The maximum atomic E-state index is 13.2. The van der Waals surface area contributed by atoms with E-state index in [-0.39, 0.29) is 17.3 Å². The molecule has 3 aliphatic carbocycles. The number of benzene rings is 3. The highest BCUT2D eigenvalue weighted by atomic mass is 32.2. The summed E-state index contributed by atoms with van der Waals surface area (Å²) in [5.41, 5.74) is 4.15. The van der Waals surface area contributed by atoms with Gasteiger partial charge in [-0.3, -0.25) is 9.69 Å². The van der Waals surface area contributed by atoms with Crippen LogP contribution >= 0.6 is 11.8 Å². The summed E-state index contributed by atoms with van der Waals surface area (Å²) in [6.07, 6.45) is 4.05. The molecule has 1 saturated heterocycles. The summed E-state index contributed by atoms with van der Waals surface area (Å²) in [7, 11) is 0. The molecule has 4 heteroatoms. The van der Waals surface area contributed by atoms with Gasteiger partial charge < -0.3 is 5.11 Å². The largest absolute Gasteiger partial charge is 0.481 e. The number of hydrogen-bond donors (Lipinski definition) is 1. The van der Waals surface area contributed by atoms with Crippen molar-refractivity contribution >= 4 is 17.7 Å². The minimum absolute atomic E-state index is 0.0555. The third-order valence-electron chi connectivity index (χ3n) is 8.66. The van der Waals surface area contributed by atoms with E-state index in [1.165, 1.54) is 27.1 Å². The van der Waals surface area contributed by atoms with Crippen LogP contribution in [0, 0.1) is 11.3 Å². The predicted molar refractivity (Wildman–Crippen MR) is 133 cm³/mol. The first kappa shape index (κ1) is 21.0. The summed E-state index contributed by atoms with van der Waals surface area (Å²) in [5, 5.41) is 10.8. The van der Waals surface area contributed by atoms with E-state index < -0.39 is 11.4 Å². The Morgan fingerprint density at radius 3 is 2.48 bits per heavy atom. The fourth-order valence-corrected chi connectivity index (χ4v) is 7.81. The molecule has 0 amide bonds. The van der Waals surface area contributed by atoms with Gasteiger partial charge in [0, 0.05) is 41.8 Å². The van der Waals surface area contributed by atoms with Gasteiger partial charge in [0.15, 0.2) is 0 Å². The van der Waals surface area contributed by atoms with Crippen molar-refractivity contribution in [2.45, 2.75) is 35.6 Å². The van der Waals surface area contributed by atoms with Gasteiger partial charge in [-0.2, -0.15) is 0 Å². The van der Waals surface area contributed by atoms with Crippen LogP contribution in [0.3, 0.4) is 0 Å². The topological polar surface area (TPSA) is 40.5 Å². The van der Waals surface area contributed by atoms with Crippen LogP contribution in [0.5, 0.6) is 0 Å². The molecule has 7 rings (SSSR count). The Morgan fingerprint density at radius 1 is 1.03 bits per heavy atom. The van der Waals surface area contributed by atoms with Gasteiger partial charge in [-0.05, 0) is 53.5 Å². The molecule has 0 aromatic heterocycles. The molecular weight excluding hydrogens is 426 g/mol. The Hall–Kier alpha value is -2.56. The Kier molecular flexibility index (Phi) is 4.93. The van der Waals surface area contributed by atoms with E-state index in [1.54, 1.807) is 11.8 Å². The molecule has 0 spiro atoms. The molecule has 1 aliphatic heterocycles. The van der Waals surface area contributed by atoms with Gasteiger partial charge >= 0.3 is 5.97 Å². The molecule has 3 aromatic carbocycles. The van der Waals surface area contributed by atoms with E-state index in [0.717, 1.165) is 25.9 Å². The van der Waals surface area contributed by atoms with Crippen molar-refractivity contribution in [2.75, 3.05) is 19.3 Å². The average molecular weight is 456 g/mol. The molecule has 0 radical (unpaired) electrons. The SMILES string of the molecule is CSc1ccc(C23CCC(c4ccccc42)C2(C(=O)O)CN(Cc4ccccc4)CC32)cc1. The van der Waals surface area contributed by atoms with Crippen molar-refractivity contribution in [3.8, 4) is 0 Å². The van der Waals surface area contributed by atoms with Gasteiger partial charge in [-0.25, -0.2) is 0 Å². The Bertz CT molecular complexity index is 1190. The quantitative estimate of drug-likeness (QED) is 0.495. The fourth-order valence-electron chi connectivity index (χ4n) is 7.40. The van der Waals surface area contributed by atoms with Gasteiger partial charge in [0.25, 0.3) is 0 Å². The van der Waals surface area contributed by atoms with Crippen LogP contribution < -0.4 is 0 Å². The highest BCUT2D eigenvalue weighted by molar-refractivity contribution is 7.98. The molecular formula is C29H29NO2S. The lowest BCUT2D eigenvalue weighted by Gasteiger charge is -2.59. The zero-order valence-corrected chi connectivity index (χ0v) is 19.7. The van der Waals surface area contributed by atoms with Gasteiger partial charge in [0.1, 0.15) is 0 Å².